The van der Waals surface area contributed by atoms with Crippen LogP contribution in [0.15, 0.2) is 42.5 Å². The van der Waals surface area contributed by atoms with Crippen molar-refractivity contribution in [3.63, 3.8) is 0 Å². The van der Waals surface area contributed by atoms with Gasteiger partial charge in [-0.3, -0.25) is 14.6 Å². The molecule has 1 amide bonds. The van der Waals surface area contributed by atoms with Crippen LogP contribution in [0.3, 0.4) is 0 Å². The lowest BCUT2D eigenvalue weighted by molar-refractivity contribution is -0.0120. The van der Waals surface area contributed by atoms with Gasteiger partial charge in [-0.05, 0) is 61.6 Å². The first-order chi connectivity index (χ1) is 17.7. The minimum Gasteiger partial charge on any atom is -0.495 e. The third kappa shape index (κ3) is 4.72. The van der Waals surface area contributed by atoms with Crippen LogP contribution in [0.25, 0.3) is 0 Å². The van der Waals surface area contributed by atoms with Crippen molar-refractivity contribution < 1.29 is 19.0 Å². The number of methoxy groups -OCH3 is 1. The number of carbonyl (C=O) groups excluding carboxylic acids is 1. The molecular weight excluding hydrogens is 456 g/mol. The van der Waals surface area contributed by atoms with Gasteiger partial charge in [-0.15, -0.1) is 0 Å². The molecule has 8 heteroatoms. The summed E-state index contributed by atoms with van der Waals surface area (Å²) in [4.78, 5) is 20.4. The lowest BCUT2D eigenvalue weighted by Crippen LogP contribution is -2.59. The Kier molecular flexibility index (Phi) is 6.63. The fraction of sp³-hybridized carbons (Fsp3) is 0.536. The second-order valence-electron chi connectivity index (χ2n) is 10.4. The van der Waals surface area contributed by atoms with Crippen LogP contribution >= 0.6 is 0 Å². The Bertz CT molecular complexity index is 1090. The maximum absolute atomic E-state index is 12.7. The smallest absolute Gasteiger partial charge is 0.251 e. The number of benzene rings is 2. The van der Waals surface area contributed by atoms with E-state index in [0.717, 1.165) is 56.9 Å². The largest absolute Gasteiger partial charge is 0.495 e. The highest BCUT2D eigenvalue weighted by Crippen LogP contribution is 2.37. The summed E-state index contributed by atoms with van der Waals surface area (Å²) in [6, 6.07) is 14.1. The Morgan fingerprint density at radius 2 is 1.89 bits per heavy atom. The average molecular weight is 493 g/mol. The molecule has 0 aromatic heterocycles. The van der Waals surface area contributed by atoms with Crippen LogP contribution in [0.4, 0.5) is 5.69 Å². The maximum atomic E-state index is 12.7. The van der Waals surface area contributed by atoms with E-state index >= 15 is 0 Å². The Morgan fingerprint density at radius 3 is 2.69 bits per heavy atom. The van der Waals surface area contributed by atoms with E-state index < -0.39 is 0 Å². The number of fused-ring (bicyclic) bond motifs is 4. The van der Waals surface area contributed by atoms with Crippen LogP contribution in [0.1, 0.15) is 23.2 Å². The molecule has 4 saturated heterocycles. The molecule has 2 bridgehead atoms. The van der Waals surface area contributed by atoms with Crippen LogP contribution in [0.2, 0.25) is 0 Å². The number of nitrogens with zero attached hydrogens (tertiary/aromatic N) is 3. The molecule has 36 heavy (non-hydrogen) atoms. The van der Waals surface area contributed by atoms with Crippen molar-refractivity contribution in [2.75, 3.05) is 71.2 Å². The number of carbonyl (C=O) groups is 1. The molecule has 1 unspecified atom stereocenters. The summed E-state index contributed by atoms with van der Waals surface area (Å²) in [6.07, 6.45) is 2.45. The highest BCUT2D eigenvalue weighted by Gasteiger charge is 2.40. The molecule has 1 N–H and O–H groups in total. The van der Waals surface area contributed by atoms with Crippen molar-refractivity contribution in [1.82, 2.24) is 15.1 Å². The topological polar surface area (TPSA) is 66.5 Å². The number of piperidine rings is 3. The molecule has 5 aliphatic heterocycles. The van der Waals surface area contributed by atoms with Crippen LogP contribution in [0.5, 0.6) is 17.2 Å². The van der Waals surface area contributed by atoms with Gasteiger partial charge >= 0.3 is 0 Å². The molecule has 7 rings (SSSR count). The predicted octanol–water partition coefficient (Wildman–Crippen LogP) is 2.69. The molecular formula is C28H36N4O4. The van der Waals surface area contributed by atoms with Crippen LogP contribution in [-0.2, 0) is 0 Å². The molecule has 8 nitrogen and oxygen atoms in total. The van der Waals surface area contributed by atoms with E-state index in [2.05, 4.69) is 32.1 Å². The lowest BCUT2D eigenvalue weighted by atomic mass is 9.75. The van der Waals surface area contributed by atoms with Crippen LogP contribution < -0.4 is 24.4 Å². The van der Waals surface area contributed by atoms with Crippen LogP contribution in [0, 0.1) is 11.8 Å². The summed E-state index contributed by atoms with van der Waals surface area (Å²) in [5.41, 5.74) is 1.83. The van der Waals surface area contributed by atoms with Gasteiger partial charge in [-0.1, -0.05) is 12.1 Å². The first-order valence-corrected chi connectivity index (χ1v) is 13.2. The average Bonchev–Trinajstić information content (AvgIpc) is 3.41. The number of rotatable bonds is 7. The van der Waals surface area contributed by atoms with Gasteiger partial charge in [-0.2, -0.15) is 0 Å². The number of ether oxygens (including phenoxy) is 3. The molecule has 5 aliphatic rings. The summed E-state index contributed by atoms with van der Waals surface area (Å²) in [7, 11) is 1.75. The van der Waals surface area contributed by atoms with Crippen molar-refractivity contribution in [3.8, 4) is 17.2 Å². The summed E-state index contributed by atoms with van der Waals surface area (Å²) < 4.78 is 16.3. The van der Waals surface area contributed by atoms with Gasteiger partial charge in [0.05, 0.1) is 12.8 Å². The molecule has 2 aromatic rings. The molecule has 4 atom stereocenters. The fourth-order valence-corrected chi connectivity index (χ4v) is 6.41. The highest BCUT2D eigenvalue weighted by molar-refractivity contribution is 5.94. The second-order valence-corrected chi connectivity index (χ2v) is 10.4. The van der Waals surface area contributed by atoms with E-state index in [-0.39, 0.29) is 12.7 Å². The van der Waals surface area contributed by atoms with Gasteiger partial charge in [0.1, 0.15) is 5.75 Å². The van der Waals surface area contributed by atoms with Crippen molar-refractivity contribution in [2.24, 2.45) is 11.8 Å². The summed E-state index contributed by atoms with van der Waals surface area (Å²) in [5.74, 6) is 3.73. The molecule has 4 fully saturated rings. The van der Waals surface area contributed by atoms with Gasteiger partial charge in [-0.25, -0.2) is 0 Å². The molecule has 0 spiro atoms. The van der Waals surface area contributed by atoms with Gasteiger partial charge in [0.15, 0.2) is 11.5 Å². The molecule has 0 saturated carbocycles. The van der Waals surface area contributed by atoms with Crippen molar-refractivity contribution in [1.29, 1.82) is 0 Å². The van der Waals surface area contributed by atoms with E-state index in [9.17, 15) is 4.79 Å². The molecule has 5 heterocycles. The minimum absolute atomic E-state index is 0.0413. The first kappa shape index (κ1) is 23.4. The van der Waals surface area contributed by atoms with E-state index in [4.69, 9.17) is 14.2 Å². The van der Waals surface area contributed by atoms with Gasteiger partial charge in [0.2, 0.25) is 6.79 Å². The zero-order valence-electron chi connectivity index (χ0n) is 21.0. The Labute approximate surface area is 213 Å². The van der Waals surface area contributed by atoms with Crippen molar-refractivity contribution >= 4 is 11.6 Å². The van der Waals surface area contributed by atoms with E-state index in [1.165, 1.54) is 25.1 Å². The maximum Gasteiger partial charge on any atom is 0.251 e. The Hall–Kier alpha value is -2.97. The number of piperazine rings is 1. The van der Waals surface area contributed by atoms with Crippen molar-refractivity contribution in [3.05, 3.63) is 48.0 Å². The van der Waals surface area contributed by atoms with Gasteiger partial charge in [0.25, 0.3) is 5.91 Å². The SMILES string of the molecule is COc1ccccc1N1CCN(C[C@@H]2CN3CC[C@H]2C[C@@H]3CNC(=O)c2ccc3c(c2)OCO3)CC1. The number of hydrogen-bond donors (Lipinski definition) is 1. The molecule has 0 aliphatic carbocycles. The van der Waals surface area contributed by atoms with Gasteiger partial charge in [0, 0.05) is 57.4 Å². The molecule has 192 valence electrons. The number of para-hydroxylation sites is 2. The monoisotopic (exact) mass is 492 g/mol. The molecule has 2 aromatic carbocycles. The number of nitrogens with one attached hydrogen (secondary N) is 1. The predicted molar refractivity (Wildman–Crippen MR) is 138 cm³/mol. The van der Waals surface area contributed by atoms with E-state index in [1.54, 1.807) is 19.2 Å². The Balaban J connectivity index is 0.981. The number of anilines is 1. The second kappa shape index (κ2) is 10.2. The normalized spacial score (nSPS) is 27.2. The van der Waals surface area contributed by atoms with Crippen LogP contribution in [-0.4, -0.2) is 88.0 Å². The fourth-order valence-electron chi connectivity index (χ4n) is 6.41. The number of hydrogen-bond acceptors (Lipinski definition) is 7. The lowest BCUT2D eigenvalue weighted by Gasteiger charge is -2.51. The molecule has 0 radical (unpaired) electrons. The zero-order chi connectivity index (χ0) is 24.5. The highest BCUT2D eigenvalue weighted by atomic mass is 16.7. The van der Waals surface area contributed by atoms with E-state index in [0.29, 0.717) is 29.6 Å². The first-order valence-electron chi connectivity index (χ1n) is 13.2. The summed E-state index contributed by atoms with van der Waals surface area (Å²) in [6.45, 7) is 8.65. The third-order valence-corrected chi connectivity index (χ3v) is 8.44. The standard InChI is InChI=1S/C28H36N4O4/c1-34-25-5-3-2-4-24(25)31-12-10-30(11-13-31)17-22-18-32-9-8-20(22)14-23(32)16-29-28(33)21-6-7-26-27(15-21)36-19-35-26/h2-7,15,20,22-23H,8-14,16-19H2,1H3,(H,29,33)/t20-,22+,23+/m0/s1. The zero-order valence-corrected chi connectivity index (χ0v) is 21.0. The quantitative estimate of drug-likeness (QED) is 0.638. The van der Waals surface area contributed by atoms with Gasteiger partial charge < -0.3 is 24.4 Å². The van der Waals surface area contributed by atoms with E-state index in [1.807, 2.05) is 18.2 Å². The third-order valence-electron chi connectivity index (χ3n) is 8.44. The Morgan fingerprint density at radius 1 is 1.06 bits per heavy atom. The van der Waals surface area contributed by atoms with Crippen molar-refractivity contribution in [2.45, 2.75) is 18.9 Å². The summed E-state index contributed by atoms with van der Waals surface area (Å²) in [5, 5.41) is 3.17. The number of amides is 1. The minimum atomic E-state index is -0.0413. The summed E-state index contributed by atoms with van der Waals surface area (Å²) >= 11 is 0.